The lowest BCUT2D eigenvalue weighted by Gasteiger charge is -2.48. The van der Waals surface area contributed by atoms with Crippen molar-refractivity contribution >= 4 is 51.1 Å². The fourth-order valence-electron chi connectivity index (χ4n) is 12.0. The van der Waals surface area contributed by atoms with Crippen molar-refractivity contribution in [1.82, 2.24) is 40.0 Å². The van der Waals surface area contributed by atoms with E-state index < -0.39 is 11.3 Å². The van der Waals surface area contributed by atoms with Crippen molar-refractivity contribution in [2.24, 2.45) is 22.9 Å². The minimum absolute atomic E-state index is 0.0967. The molecule has 15 nitrogen and oxygen atoms in total. The number of carbonyl (C=O) groups is 2. The van der Waals surface area contributed by atoms with Crippen molar-refractivity contribution in [3.63, 3.8) is 0 Å². The molecule has 3 aliphatic carbocycles. The lowest BCUT2D eigenvalue weighted by atomic mass is 9.63. The van der Waals surface area contributed by atoms with Gasteiger partial charge in [0.05, 0.1) is 46.7 Å². The Morgan fingerprint density at radius 3 is 2.52 bits per heavy atom. The number of nitrogens with one attached hydrogen (secondary N) is 1. The van der Waals surface area contributed by atoms with Crippen LogP contribution in [0.15, 0.2) is 27.7 Å². The number of ether oxygens (including phenoxy) is 1. The number of rotatable bonds is 10. The van der Waals surface area contributed by atoms with Crippen molar-refractivity contribution in [2.75, 3.05) is 58.3 Å². The first-order chi connectivity index (χ1) is 32.4. The van der Waals surface area contributed by atoms with Crippen molar-refractivity contribution in [2.45, 2.75) is 108 Å². The Kier molecular flexibility index (Phi) is 11.0. The average molecular weight is 928 g/mol. The van der Waals surface area contributed by atoms with Crippen LogP contribution >= 0.6 is 11.3 Å². The number of nitrogens with zero attached hydrogens (tertiary/aromatic N) is 10. The zero-order valence-corrected chi connectivity index (χ0v) is 39.7. The number of likely N-dealkylation sites (tertiary alicyclic amines) is 1. The number of benzene rings is 1. The topological polar surface area (TPSA) is 171 Å². The van der Waals surface area contributed by atoms with E-state index in [2.05, 4.69) is 31.4 Å². The summed E-state index contributed by atoms with van der Waals surface area (Å²) in [4.78, 5) is 46.8. The molecule has 6 aliphatic rings. The Morgan fingerprint density at radius 1 is 1.03 bits per heavy atom. The van der Waals surface area contributed by atoms with E-state index in [1.807, 2.05) is 45.1 Å². The van der Waals surface area contributed by atoms with E-state index in [9.17, 15) is 14.9 Å². The minimum atomic E-state index is -0.570. The van der Waals surface area contributed by atoms with Gasteiger partial charge in [-0.25, -0.2) is 14.4 Å². The van der Waals surface area contributed by atoms with Crippen molar-refractivity contribution < 1.29 is 23.2 Å². The Hall–Kier alpha value is -5.73. The predicted molar refractivity (Wildman–Crippen MR) is 252 cm³/mol. The van der Waals surface area contributed by atoms with Crippen LogP contribution in [-0.2, 0) is 34.9 Å². The smallest absolute Gasteiger partial charge is 0.235 e. The van der Waals surface area contributed by atoms with E-state index >= 15 is 4.39 Å². The van der Waals surface area contributed by atoms with Gasteiger partial charge in [0.1, 0.15) is 16.9 Å². The fourth-order valence-corrected chi connectivity index (χ4v) is 13.3. The third kappa shape index (κ3) is 7.87. The summed E-state index contributed by atoms with van der Waals surface area (Å²) in [6.45, 7) is 7.24. The summed E-state index contributed by atoms with van der Waals surface area (Å²) in [6, 6.07) is 7.85. The number of nitriles is 1. The van der Waals surface area contributed by atoms with Gasteiger partial charge < -0.3 is 24.0 Å². The summed E-state index contributed by atoms with van der Waals surface area (Å²) < 4.78 is 30.5. The molecule has 67 heavy (non-hydrogen) atoms. The molecule has 4 aromatic heterocycles. The van der Waals surface area contributed by atoms with Gasteiger partial charge in [0.2, 0.25) is 17.7 Å². The lowest BCUT2D eigenvalue weighted by molar-refractivity contribution is -0.134. The van der Waals surface area contributed by atoms with E-state index in [1.54, 1.807) is 22.4 Å². The molecule has 2 amide bonds. The number of imide groups is 1. The molecule has 350 valence electrons. The fraction of sp³-hybridized carbons (Fsp3) is 0.560. The van der Waals surface area contributed by atoms with E-state index in [4.69, 9.17) is 24.2 Å². The highest BCUT2D eigenvalue weighted by molar-refractivity contribution is 7.16. The molecule has 1 saturated carbocycles. The second kappa shape index (κ2) is 16.8. The molecule has 1 N–H and O–H groups in total. The largest absolute Gasteiger partial charge is 0.477 e. The Balaban J connectivity index is 0.723. The van der Waals surface area contributed by atoms with Crippen molar-refractivity contribution in [3.8, 4) is 23.5 Å². The van der Waals surface area contributed by atoms with Crippen LogP contribution in [0, 0.1) is 34.9 Å². The summed E-state index contributed by atoms with van der Waals surface area (Å²) in [7, 11) is 5.69. The van der Waals surface area contributed by atoms with Crippen LogP contribution in [-0.4, -0.2) is 106 Å². The van der Waals surface area contributed by atoms with Gasteiger partial charge in [-0.15, -0.1) is 11.3 Å². The zero-order valence-electron chi connectivity index (χ0n) is 38.9. The summed E-state index contributed by atoms with van der Waals surface area (Å²) in [5.74, 6) is 0.412. The third-order valence-corrected chi connectivity index (χ3v) is 17.1. The van der Waals surface area contributed by atoms with Crippen LogP contribution < -0.4 is 15.0 Å². The second-order valence-corrected chi connectivity index (χ2v) is 21.7. The van der Waals surface area contributed by atoms with Crippen LogP contribution in [0.25, 0.3) is 22.4 Å². The van der Waals surface area contributed by atoms with Gasteiger partial charge in [-0.05, 0) is 127 Å². The van der Waals surface area contributed by atoms with Crippen LogP contribution in [0.1, 0.15) is 122 Å². The van der Waals surface area contributed by atoms with Gasteiger partial charge in [-0.2, -0.15) is 15.3 Å². The number of hydrogen-bond acceptors (Lipinski definition) is 13. The SMILES string of the molecule is Cc1cc(OCC2(CN3CCC4(CC3)CCN(c3cc5c(cc3F)c(C3CCC(=O)NC3=O)nn5C)CC4)CC2)nc(-c2noc3c2CCC[C@@]32CCCc3sc(N=CN(C)C)c(C#N)c32)n1. The normalized spacial score (nSPS) is 23.4. The highest BCUT2D eigenvalue weighted by Crippen LogP contribution is 2.56. The molecular formula is C50H58FN11O4S. The summed E-state index contributed by atoms with van der Waals surface area (Å²) in [5.41, 5.74) is 6.09. The van der Waals surface area contributed by atoms with Crippen molar-refractivity contribution in [3.05, 3.63) is 62.7 Å². The summed E-state index contributed by atoms with van der Waals surface area (Å²) in [6.07, 6.45) is 14.4. The van der Waals surface area contributed by atoms with Gasteiger partial charge in [0.15, 0.2) is 17.3 Å². The number of hydrogen-bond donors (Lipinski definition) is 1. The quantitative estimate of drug-likeness (QED) is 0.0826. The van der Waals surface area contributed by atoms with Gasteiger partial charge in [0.25, 0.3) is 0 Å². The highest BCUT2D eigenvalue weighted by atomic mass is 32.1. The number of piperidine rings is 3. The number of aromatic nitrogens is 5. The molecule has 0 bridgehead atoms. The second-order valence-electron chi connectivity index (χ2n) is 20.6. The number of fused-ring (bicyclic) bond motifs is 5. The summed E-state index contributed by atoms with van der Waals surface area (Å²) in [5, 5.41) is 23.6. The first kappa shape index (κ1) is 43.8. The molecule has 4 fully saturated rings. The number of anilines is 1. The molecule has 17 heteroatoms. The number of thiophene rings is 1. The monoisotopic (exact) mass is 927 g/mol. The minimum Gasteiger partial charge on any atom is -0.477 e. The Morgan fingerprint density at radius 2 is 1.79 bits per heavy atom. The number of amides is 2. The number of carbonyl (C=O) groups excluding carboxylic acids is 2. The molecule has 11 rings (SSSR count). The number of aliphatic imine (C=N–C) groups is 1. The molecule has 0 radical (unpaired) electrons. The van der Waals surface area contributed by atoms with Gasteiger partial charge in [-0.3, -0.25) is 19.6 Å². The molecule has 2 atom stereocenters. The molecule has 3 aliphatic heterocycles. The average Bonchev–Trinajstić information content (AvgIpc) is 3.59. The van der Waals surface area contributed by atoms with E-state index in [0.29, 0.717) is 52.8 Å². The number of aryl methyl sites for hydroxylation is 3. The van der Waals surface area contributed by atoms with Crippen molar-refractivity contribution in [1.29, 1.82) is 5.26 Å². The molecule has 7 heterocycles. The molecule has 3 saturated heterocycles. The highest BCUT2D eigenvalue weighted by Gasteiger charge is 2.50. The molecule has 5 aromatic rings. The maximum atomic E-state index is 15.9. The lowest BCUT2D eigenvalue weighted by Crippen LogP contribution is -2.48. The zero-order chi connectivity index (χ0) is 46.2. The maximum absolute atomic E-state index is 15.9. The molecule has 1 unspecified atom stereocenters. The first-order valence-corrected chi connectivity index (χ1v) is 24.9. The third-order valence-electron chi connectivity index (χ3n) is 15.9. The van der Waals surface area contributed by atoms with Gasteiger partial charge >= 0.3 is 0 Å². The molecule has 2 spiro atoms. The van der Waals surface area contributed by atoms with E-state index in [-0.39, 0.29) is 34.9 Å². The van der Waals surface area contributed by atoms with E-state index in [0.717, 1.165) is 143 Å². The molecular weight excluding hydrogens is 870 g/mol. The van der Waals surface area contributed by atoms with Crippen LogP contribution in [0.2, 0.25) is 0 Å². The molecule has 1 aromatic carbocycles. The Bertz CT molecular complexity index is 2850. The van der Waals surface area contributed by atoms with Gasteiger partial charge in [-0.1, -0.05) is 5.16 Å². The van der Waals surface area contributed by atoms with Crippen LogP contribution in [0.5, 0.6) is 5.88 Å². The van der Waals surface area contributed by atoms with Gasteiger partial charge in [0, 0.05) is 80.2 Å². The van der Waals surface area contributed by atoms with E-state index in [1.165, 1.54) is 10.9 Å². The predicted octanol–water partition coefficient (Wildman–Crippen LogP) is 7.64. The number of halogens is 1. The Labute approximate surface area is 393 Å². The van der Waals surface area contributed by atoms with Crippen LogP contribution in [0.3, 0.4) is 0 Å². The van der Waals surface area contributed by atoms with Crippen LogP contribution in [0.4, 0.5) is 15.1 Å². The first-order valence-electron chi connectivity index (χ1n) is 24.1. The maximum Gasteiger partial charge on any atom is 0.235 e. The summed E-state index contributed by atoms with van der Waals surface area (Å²) >= 11 is 1.63. The standard InChI is InChI=1S/C50H58FN11O4S/c1-30-23-40(56-45(54-30)43-31-7-5-11-50(44(31)66-58-43)12-6-8-38-41(50)34(26-52)47(67-38)53-29-59(2)3)65-28-49(13-14-49)27-61-19-15-48(16-20-61)17-21-62(22-18-48)37-25-36-33(24-35(37)51)42(57-60(36)4)32-9-10-39(63)55-46(32)64/h23-25,29,32H,5-22,27-28H2,1-4H3,(H,55,63,64)/t32?,50-/m0/s1.